The van der Waals surface area contributed by atoms with Gasteiger partial charge in [0.15, 0.2) is 0 Å². The molecule has 0 aliphatic heterocycles. The number of carbonyl (C=O) groups excluding carboxylic acids is 1. The van der Waals surface area contributed by atoms with E-state index in [1.165, 1.54) is 9.58 Å². The van der Waals surface area contributed by atoms with Crippen molar-refractivity contribution >= 4 is 17.7 Å². The summed E-state index contributed by atoms with van der Waals surface area (Å²) in [6.45, 7) is 7.68. The Kier molecular flexibility index (Phi) is 10.1. The van der Waals surface area contributed by atoms with Gasteiger partial charge in [-0.1, -0.05) is 0 Å². The molecule has 1 aromatic heterocycles. The van der Waals surface area contributed by atoms with E-state index < -0.39 is 33.8 Å². The van der Waals surface area contributed by atoms with Crippen LogP contribution in [0.3, 0.4) is 0 Å². The fourth-order valence-corrected chi connectivity index (χ4v) is 2.41. The zero-order valence-electron chi connectivity index (χ0n) is 17.4. The molecule has 0 unspecified atom stereocenters. The van der Waals surface area contributed by atoms with E-state index in [1.54, 1.807) is 0 Å². The lowest BCUT2D eigenvalue weighted by Crippen LogP contribution is -2.46. The minimum atomic E-state index is -0.991. The lowest BCUT2D eigenvalue weighted by atomic mass is 10.1. The quantitative estimate of drug-likeness (QED) is 0.244. The van der Waals surface area contributed by atoms with Gasteiger partial charge in [0.1, 0.15) is 6.20 Å². The Hall–Kier alpha value is -2.77. The highest BCUT2D eigenvalue weighted by Gasteiger charge is 2.25. The van der Waals surface area contributed by atoms with Gasteiger partial charge in [-0.05, 0) is 20.8 Å². The van der Waals surface area contributed by atoms with Crippen molar-refractivity contribution in [2.75, 3.05) is 46.2 Å². The van der Waals surface area contributed by atoms with E-state index in [1.807, 2.05) is 20.8 Å². The summed E-state index contributed by atoms with van der Waals surface area (Å²) < 4.78 is 17.3. The fourth-order valence-electron chi connectivity index (χ4n) is 2.41. The number of nitrogens with two attached hydrogens (primary N) is 1. The fraction of sp³-hybridized carbons (Fsp3) is 0.706. The molecular formula is C17H29N5O8. The van der Waals surface area contributed by atoms with Crippen molar-refractivity contribution in [2.45, 2.75) is 32.9 Å². The van der Waals surface area contributed by atoms with Gasteiger partial charge in [0.25, 0.3) is 5.91 Å². The molecular weight excluding hydrogens is 402 g/mol. The van der Waals surface area contributed by atoms with Gasteiger partial charge < -0.3 is 30.0 Å². The van der Waals surface area contributed by atoms with Crippen molar-refractivity contribution < 1.29 is 33.8 Å². The molecule has 13 nitrogen and oxygen atoms in total. The Morgan fingerprint density at radius 3 is 2.13 bits per heavy atom. The summed E-state index contributed by atoms with van der Waals surface area (Å²) in [6, 6.07) is 0. The zero-order valence-corrected chi connectivity index (χ0v) is 17.4. The summed E-state index contributed by atoms with van der Waals surface area (Å²) in [5, 5.41) is 23.8. The van der Waals surface area contributed by atoms with E-state index >= 15 is 0 Å². The highest BCUT2D eigenvalue weighted by Crippen LogP contribution is 2.15. The first kappa shape index (κ1) is 25.3. The highest BCUT2D eigenvalue weighted by atomic mass is 16.6. The number of primary amides is 1. The van der Waals surface area contributed by atoms with Crippen LogP contribution >= 0.6 is 0 Å². The molecule has 0 aromatic carbocycles. The van der Waals surface area contributed by atoms with Crippen molar-refractivity contribution in [3.8, 4) is 0 Å². The van der Waals surface area contributed by atoms with Crippen LogP contribution in [0.1, 0.15) is 31.3 Å². The van der Waals surface area contributed by atoms with Crippen LogP contribution in [0.2, 0.25) is 0 Å². The third-order valence-corrected chi connectivity index (χ3v) is 3.88. The number of rotatable bonds is 14. The lowest BCUT2D eigenvalue weighted by molar-refractivity contribution is -0.385. The van der Waals surface area contributed by atoms with Crippen LogP contribution in [-0.4, -0.2) is 88.4 Å². The number of amides is 2. The van der Waals surface area contributed by atoms with E-state index in [2.05, 4.69) is 5.10 Å². The van der Waals surface area contributed by atoms with Crippen LogP contribution < -0.4 is 5.73 Å². The molecule has 0 aliphatic rings. The third-order valence-electron chi connectivity index (χ3n) is 3.88. The topological polar surface area (TPSA) is 172 Å². The normalized spacial score (nSPS) is 11.4. The zero-order chi connectivity index (χ0) is 22.7. The molecule has 2 amide bonds. The van der Waals surface area contributed by atoms with Gasteiger partial charge in [0, 0.05) is 12.1 Å². The predicted molar refractivity (Wildman–Crippen MR) is 104 cm³/mol. The summed E-state index contributed by atoms with van der Waals surface area (Å²) in [4.78, 5) is 33.8. The van der Waals surface area contributed by atoms with E-state index in [4.69, 9.17) is 25.1 Å². The molecule has 0 spiro atoms. The summed E-state index contributed by atoms with van der Waals surface area (Å²) in [7, 11) is 0. The molecule has 0 saturated heterocycles. The van der Waals surface area contributed by atoms with E-state index in [9.17, 15) is 19.7 Å². The Bertz CT molecular complexity index is 684. The smallest absolute Gasteiger partial charge is 0.407 e. The monoisotopic (exact) mass is 431 g/mol. The van der Waals surface area contributed by atoms with E-state index in [0.717, 1.165) is 6.20 Å². The largest absolute Gasteiger partial charge is 0.465 e. The van der Waals surface area contributed by atoms with Crippen LogP contribution in [0.4, 0.5) is 10.5 Å². The first-order valence-corrected chi connectivity index (χ1v) is 9.29. The number of aromatic nitrogens is 2. The van der Waals surface area contributed by atoms with E-state index in [0.29, 0.717) is 26.4 Å². The first-order valence-electron chi connectivity index (χ1n) is 9.29. The molecule has 30 heavy (non-hydrogen) atoms. The Labute approximate surface area is 173 Å². The number of carbonyl (C=O) groups is 2. The average Bonchev–Trinajstić information content (AvgIpc) is 3.06. The summed E-state index contributed by atoms with van der Waals surface area (Å²) in [6.07, 6.45) is 0.137. The summed E-state index contributed by atoms with van der Waals surface area (Å²) in [5.74, 6) is -0.967. The van der Waals surface area contributed by atoms with Gasteiger partial charge in [-0.2, -0.15) is 5.10 Å². The second-order valence-corrected chi connectivity index (χ2v) is 7.19. The molecule has 0 aliphatic carbocycles. The number of hydrogen-bond donors (Lipinski definition) is 2. The lowest BCUT2D eigenvalue weighted by Gasteiger charge is -2.32. The SMILES string of the molecule is CC(C)(C)N(CCOCCOCCOCCn1cc([N+](=O)[O-])c(C(N)=O)n1)C(=O)O. The molecule has 0 radical (unpaired) electrons. The van der Waals surface area contributed by atoms with Gasteiger partial charge >= 0.3 is 11.8 Å². The predicted octanol–water partition coefficient (Wildman–Crippen LogP) is 0.719. The minimum absolute atomic E-state index is 0.213. The van der Waals surface area contributed by atoms with Crippen LogP contribution in [0.5, 0.6) is 0 Å². The van der Waals surface area contributed by atoms with Gasteiger partial charge in [0.05, 0.1) is 51.1 Å². The van der Waals surface area contributed by atoms with Crippen molar-refractivity contribution in [1.29, 1.82) is 0 Å². The van der Waals surface area contributed by atoms with Crippen molar-refractivity contribution in [1.82, 2.24) is 14.7 Å². The maximum atomic E-state index is 11.2. The molecule has 0 bridgehead atoms. The molecule has 0 saturated carbocycles. The Morgan fingerprint density at radius 1 is 1.17 bits per heavy atom. The second kappa shape index (κ2) is 12.0. The molecule has 1 rings (SSSR count). The number of carboxylic acid groups (broad SMARTS) is 1. The summed E-state index contributed by atoms with van der Waals surface area (Å²) in [5.41, 5.74) is 3.73. The molecule has 3 N–H and O–H groups in total. The maximum Gasteiger partial charge on any atom is 0.407 e. The molecule has 1 heterocycles. The first-order chi connectivity index (χ1) is 14.0. The molecule has 0 atom stereocenters. The van der Waals surface area contributed by atoms with Crippen LogP contribution in [0.25, 0.3) is 0 Å². The number of hydrogen-bond acceptors (Lipinski definition) is 8. The Balaban J connectivity index is 2.10. The van der Waals surface area contributed by atoms with Crippen LogP contribution in [0, 0.1) is 10.1 Å². The van der Waals surface area contributed by atoms with Crippen molar-refractivity contribution in [3.63, 3.8) is 0 Å². The molecule has 170 valence electrons. The van der Waals surface area contributed by atoms with Crippen molar-refractivity contribution in [2.24, 2.45) is 5.73 Å². The van der Waals surface area contributed by atoms with Crippen molar-refractivity contribution in [3.05, 3.63) is 22.0 Å². The number of nitro groups is 1. The van der Waals surface area contributed by atoms with Gasteiger partial charge in [-0.15, -0.1) is 0 Å². The molecule has 13 heteroatoms. The van der Waals surface area contributed by atoms with Crippen LogP contribution in [-0.2, 0) is 20.8 Å². The maximum absolute atomic E-state index is 11.2. The van der Waals surface area contributed by atoms with Gasteiger partial charge in [-0.3, -0.25) is 19.6 Å². The summed E-state index contributed by atoms with van der Waals surface area (Å²) >= 11 is 0. The molecule has 1 aromatic rings. The van der Waals surface area contributed by atoms with Gasteiger partial charge in [0.2, 0.25) is 5.69 Å². The number of nitrogens with zero attached hydrogens (tertiary/aromatic N) is 4. The molecule has 0 fully saturated rings. The standard InChI is InChI=1S/C17H29N5O8/c1-17(2,3)21(16(24)25)5-7-29-9-11-30-10-8-28-6-4-20-12-13(22(26)27)14(19-20)15(18)23/h12H,4-11H2,1-3H3,(H2,18,23)(H,24,25). The van der Waals surface area contributed by atoms with Gasteiger partial charge in [-0.25, -0.2) is 4.79 Å². The number of ether oxygens (including phenoxy) is 3. The Morgan fingerprint density at radius 2 is 1.70 bits per heavy atom. The average molecular weight is 431 g/mol. The highest BCUT2D eigenvalue weighted by molar-refractivity contribution is 5.94. The van der Waals surface area contributed by atoms with E-state index in [-0.39, 0.29) is 26.3 Å². The second-order valence-electron chi connectivity index (χ2n) is 7.19. The minimum Gasteiger partial charge on any atom is -0.465 e. The van der Waals surface area contributed by atoms with Crippen LogP contribution in [0.15, 0.2) is 6.20 Å². The third kappa shape index (κ3) is 8.71.